The van der Waals surface area contributed by atoms with E-state index in [9.17, 15) is 29.4 Å². The summed E-state index contributed by atoms with van der Waals surface area (Å²) in [4.78, 5) is 71.4. The van der Waals surface area contributed by atoms with Crippen LogP contribution in [0.2, 0.25) is 0 Å². The Kier molecular flexibility index (Phi) is 7.74. The SMILES string of the molecule is COc1ccc(O)c(C2C3=CCC4C(=O)N(c5cccc(C(=O)O)c5)C(=O)C4C3CC3C(=O)N(Nc4ccc(C)cc4)C(=O)C32c2ccccc2)c1. The Labute approximate surface area is 299 Å². The van der Waals surface area contributed by atoms with Crippen molar-refractivity contribution in [2.45, 2.75) is 31.1 Å². The molecular formula is C41H35N3O8. The Bertz CT molecular complexity index is 2200. The Morgan fingerprint density at radius 3 is 2.33 bits per heavy atom. The molecule has 1 saturated carbocycles. The highest BCUT2D eigenvalue weighted by molar-refractivity contribution is 6.23. The maximum Gasteiger partial charge on any atom is 0.335 e. The molecule has 6 atom stereocenters. The molecule has 4 aliphatic rings. The molecule has 0 radical (unpaired) electrons. The number of nitrogens with one attached hydrogen (secondary N) is 1. The van der Waals surface area contributed by atoms with Gasteiger partial charge in [0.05, 0.1) is 47.2 Å². The van der Waals surface area contributed by atoms with Crippen LogP contribution in [0.15, 0.2) is 109 Å². The lowest BCUT2D eigenvalue weighted by molar-refractivity contribution is -0.138. The minimum absolute atomic E-state index is 0.0677. The minimum atomic E-state index is -1.56. The van der Waals surface area contributed by atoms with Crippen LogP contribution in [0.1, 0.15) is 45.8 Å². The van der Waals surface area contributed by atoms with E-state index < -0.39 is 64.6 Å². The van der Waals surface area contributed by atoms with Crippen molar-refractivity contribution in [1.29, 1.82) is 0 Å². The Morgan fingerprint density at radius 1 is 0.865 bits per heavy atom. The van der Waals surface area contributed by atoms with Crippen LogP contribution in [0.25, 0.3) is 0 Å². The number of rotatable bonds is 7. The van der Waals surface area contributed by atoms with Crippen molar-refractivity contribution in [3.8, 4) is 11.5 Å². The number of amides is 4. The third-order valence-corrected chi connectivity index (χ3v) is 11.3. The van der Waals surface area contributed by atoms with Crippen LogP contribution in [0, 0.1) is 30.6 Å². The molecule has 4 amide bonds. The molecule has 3 N–H and O–H groups in total. The number of phenols is 1. The minimum Gasteiger partial charge on any atom is -0.508 e. The molecular weight excluding hydrogens is 662 g/mol. The zero-order valence-corrected chi connectivity index (χ0v) is 28.4. The smallest absolute Gasteiger partial charge is 0.335 e. The van der Waals surface area contributed by atoms with E-state index in [2.05, 4.69) is 5.43 Å². The van der Waals surface area contributed by atoms with Gasteiger partial charge in [-0.2, -0.15) is 5.01 Å². The molecule has 2 aliphatic heterocycles. The summed E-state index contributed by atoms with van der Waals surface area (Å²) in [5, 5.41) is 22.3. The van der Waals surface area contributed by atoms with Gasteiger partial charge in [0.15, 0.2) is 0 Å². The number of carbonyl (C=O) groups excluding carboxylic acids is 4. The summed E-state index contributed by atoms with van der Waals surface area (Å²) in [6, 6.07) is 26.8. The highest BCUT2D eigenvalue weighted by Crippen LogP contribution is 2.65. The molecule has 2 aliphatic carbocycles. The quantitative estimate of drug-likeness (QED) is 0.166. The molecule has 0 spiro atoms. The number of methoxy groups -OCH3 is 1. The van der Waals surface area contributed by atoms with Gasteiger partial charge < -0.3 is 14.9 Å². The Morgan fingerprint density at radius 2 is 1.62 bits per heavy atom. The highest BCUT2D eigenvalue weighted by atomic mass is 16.5. The topological polar surface area (TPSA) is 154 Å². The fourth-order valence-electron chi connectivity index (χ4n) is 9.01. The lowest BCUT2D eigenvalue weighted by atomic mass is 9.49. The van der Waals surface area contributed by atoms with Crippen LogP contribution in [-0.4, -0.2) is 51.9 Å². The zero-order chi connectivity index (χ0) is 36.5. The molecule has 2 heterocycles. The first-order valence-corrected chi connectivity index (χ1v) is 17.1. The maximum absolute atomic E-state index is 15.3. The predicted octanol–water partition coefficient (Wildman–Crippen LogP) is 5.60. The standard InChI is InChI=1S/C41H35N3O8/c1-22-11-13-25(14-12-22)42-44-37(47)32-21-30-28(16-17-29-34(30)38(48)43(36(29)46)26-10-6-7-23(19-26)39(49)50)35(31-20-27(52-2)15-18-33(31)45)41(32,40(44)51)24-8-4-3-5-9-24/h3-16,18-20,29-30,32,34-35,42,45H,17,21H2,1-2H3,(H,49,50). The van der Waals surface area contributed by atoms with Gasteiger partial charge in [0.1, 0.15) is 11.5 Å². The summed E-state index contributed by atoms with van der Waals surface area (Å²) in [7, 11) is 1.49. The molecule has 52 heavy (non-hydrogen) atoms. The number of anilines is 2. The molecule has 4 aromatic carbocycles. The number of carboxylic acids is 1. The van der Waals surface area contributed by atoms with E-state index in [-0.39, 0.29) is 29.8 Å². The number of hydrazine groups is 1. The number of hydrogen-bond acceptors (Lipinski definition) is 8. The molecule has 11 nitrogen and oxygen atoms in total. The van der Waals surface area contributed by atoms with Crippen LogP contribution >= 0.6 is 0 Å². The van der Waals surface area contributed by atoms with Crippen LogP contribution in [0.3, 0.4) is 0 Å². The summed E-state index contributed by atoms with van der Waals surface area (Å²) >= 11 is 0. The number of allylic oxidation sites excluding steroid dienone is 2. The van der Waals surface area contributed by atoms with Gasteiger partial charge in [-0.05, 0) is 79.8 Å². The Hall–Kier alpha value is -6.23. The number of fused-ring (bicyclic) bond motifs is 4. The largest absolute Gasteiger partial charge is 0.508 e. The van der Waals surface area contributed by atoms with Gasteiger partial charge in [-0.1, -0.05) is 65.7 Å². The molecule has 6 unspecified atom stereocenters. The van der Waals surface area contributed by atoms with E-state index in [0.29, 0.717) is 28.1 Å². The first-order valence-electron chi connectivity index (χ1n) is 17.1. The number of carbonyl (C=O) groups is 5. The third-order valence-electron chi connectivity index (χ3n) is 11.3. The van der Waals surface area contributed by atoms with Gasteiger partial charge in [-0.25, -0.2) is 4.79 Å². The average Bonchev–Trinajstić information content (AvgIpc) is 3.54. The number of phenolic OH excluding ortho intramolecular Hbond substituents is 1. The third kappa shape index (κ3) is 4.75. The fraction of sp³-hybridized carbons (Fsp3) is 0.244. The van der Waals surface area contributed by atoms with Gasteiger partial charge in [0.25, 0.3) is 11.8 Å². The summed E-state index contributed by atoms with van der Waals surface area (Å²) in [6.07, 6.45) is 2.13. The Balaban J connectivity index is 1.32. The molecule has 2 saturated heterocycles. The van der Waals surface area contributed by atoms with E-state index in [1.807, 2.05) is 43.3 Å². The van der Waals surface area contributed by atoms with Crippen LogP contribution < -0.4 is 15.1 Å². The second kappa shape index (κ2) is 12.2. The average molecular weight is 698 g/mol. The molecule has 4 aromatic rings. The van der Waals surface area contributed by atoms with Crippen LogP contribution in [0.4, 0.5) is 11.4 Å². The van der Waals surface area contributed by atoms with Gasteiger partial charge >= 0.3 is 5.97 Å². The summed E-state index contributed by atoms with van der Waals surface area (Å²) in [5.41, 5.74) is 4.71. The highest BCUT2D eigenvalue weighted by Gasteiger charge is 2.70. The van der Waals surface area contributed by atoms with Crippen molar-refractivity contribution in [2.75, 3.05) is 17.4 Å². The second-order valence-electron chi connectivity index (χ2n) is 13.9. The summed E-state index contributed by atoms with van der Waals surface area (Å²) in [6.45, 7) is 1.93. The van der Waals surface area contributed by atoms with Crippen molar-refractivity contribution in [3.63, 3.8) is 0 Å². The van der Waals surface area contributed by atoms with Gasteiger partial charge in [-0.3, -0.25) is 29.5 Å². The summed E-state index contributed by atoms with van der Waals surface area (Å²) in [5.74, 6) is -7.13. The monoisotopic (exact) mass is 697 g/mol. The number of hydrogen-bond donors (Lipinski definition) is 3. The van der Waals surface area contributed by atoms with Gasteiger partial charge in [0, 0.05) is 11.5 Å². The van der Waals surface area contributed by atoms with E-state index in [0.717, 1.165) is 15.5 Å². The van der Waals surface area contributed by atoms with Gasteiger partial charge in [0.2, 0.25) is 11.8 Å². The lowest BCUT2D eigenvalue weighted by Gasteiger charge is -2.50. The molecule has 3 fully saturated rings. The van der Waals surface area contributed by atoms with Crippen molar-refractivity contribution in [2.24, 2.45) is 23.7 Å². The van der Waals surface area contributed by atoms with Crippen LogP contribution in [0.5, 0.6) is 11.5 Å². The number of nitrogens with zero attached hydrogens (tertiary/aromatic N) is 2. The molecule has 0 bridgehead atoms. The molecule has 262 valence electrons. The number of imide groups is 2. The number of benzene rings is 4. The first-order chi connectivity index (χ1) is 25.1. The fourth-order valence-corrected chi connectivity index (χ4v) is 9.01. The predicted molar refractivity (Wildman–Crippen MR) is 189 cm³/mol. The zero-order valence-electron chi connectivity index (χ0n) is 28.4. The van der Waals surface area contributed by atoms with Crippen molar-refractivity contribution < 1.29 is 38.9 Å². The van der Waals surface area contributed by atoms with E-state index >= 15 is 4.79 Å². The van der Waals surface area contributed by atoms with Crippen molar-refractivity contribution in [1.82, 2.24) is 5.01 Å². The molecule has 8 rings (SSSR count). The lowest BCUT2D eigenvalue weighted by Crippen LogP contribution is -2.53. The van der Waals surface area contributed by atoms with Crippen LogP contribution in [-0.2, 0) is 24.6 Å². The first kappa shape index (κ1) is 32.9. The van der Waals surface area contributed by atoms with E-state index in [1.54, 1.807) is 36.4 Å². The molecule has 0 aromatic heterocycles. The number of aromatic carboxylic acids is 1. The van der Waals surface area contributed by atoms with E-state index in [4.69, 9.17) is 4.74 Å². The summed E-state index contributed by atoms with van der Waals surface area (Å²) < 4.78 is 5.58. The normalized spacial score (nSPS) is 26.4. The molecule has 11 heteroatoms. The number of carboxylic acid groups (broad SMARTS) is 1. The number of aromatic hydroxyl groups is 1. The second-order valence-corrected chi connectivity index (χ2v) is 13.9. The number of ether oxygens (including phenoxy) is 1. The maximum atomic E-state index is 15.3. The van der Waals surface area contributed by atoms with E-state index in [1.165, 1.54) is 37.4 Å². The van der Waals surface area contributed by atoms with Crippen molar-refractivity contribution in [3.05, 3.63) is 131 Å². The van der Waals surface area contributed by atoms with Gasteiger partial charge in [-0.15, -0.1) is 0 Å². The number of aryl methyl sites for hydroxylation is 1. The van der Waals surface area contributed by atoms with Crippen molar-refractivity contribution >= 4 is 41.0 Å².